The molecule has 0 radical (unpaired) electrons. The van der Waals surface area contributed by atoms with E-state index in [4.69, 9.17) is 0 Å². The fourth-order valence-corrected chi connectivity index (χ4v) is 1.41. The van der Waals surface area contributed by atoms with Crippen LogP contribution in [-0.4, -0.2) is 28.2 Å². The second-order valence-electron chi connectivity index (χ2n) is 3.34. The van der Waals surface area contributed by atoms with Crippen molar-refractivity contribution >= 4 is 16.9 Å². The Balaban J connectivity index is 2.72. The molecule has 2 aromatic rings. The molecule has 82 valence electrons. The van der Waals surface area contributed by atoms with E-state index in [1.54, 1.807) is 19.1 Å². The Bertz CT molecular complexity index is 566. The molecule has 0 saturated heterocycles. The molecule has 0 aliphatic carbocycles. The van der Waals surface area contributed by atoms with Crippen LogP contribution in [0.2, 0.25) is 0 Å². The lowest BCUT2D eigenvalue weighted by Gasteiger charge is -2.05. The molecule has 0 aliphatic heterocycles. The van der Waals surface area contributed by atoms with Gasteiger partial charge in [-0.05, 0) is 19.1 Å². The average Bonchev–Trinajstić information content (AvgIpc) is 2.29. The highest BCUT2D eigenvalue weighted by Gasteiger charge is 2.16. The summed E-state index contributed by atoms with van der Waals surface area (Å²) >= 11 is 0. The number of fused-ring (bicyclic) bond motifs is 1. The van der Waals surface area contributed by atoms with Gasteiger partial charge in [0.1, 0.15) is 5.52 Å². The van der Waals surface area contributed by atoms with Crippen molar-refractivity contribution in [1.29, 1.82) is 0 Å². The molecule has 16 heavy (non-hydrogen) atoms. The fraction of sp³-hybridized carbons (Fsp3) is 0.182. The first kappa shape index (κ1) is 10.4. The lowest BCUT2D eigenvalue weighted by Crippen LogP contribution is -2.05. The van der Waals surface area contributed by atoms with E-state index in [-0.39, 0.29) is 11.4 Å². The summed E-state index contributed by atoms with van der Waals surface area (Å²) in [5.41, 5.74) is 0.994. The molecule has 2 rings (SSSR count). The van der Waals surface area contributed by atoms with Crippen molar-refractivity contribution in [3.8, 4) is 5.75 Å². The highest BCUT2D eigenvalue weighted by atomic mass is 16.5. The summed E-state index contributed by atoms with van der Waals surface area (Å²) in [5, 5.41) is 10.5. The zero-order chi connectivity index (χ0) is 11.7. The van der Waals surface area contributed by atoms with Crippen LogP contribution in [0.25, 0.3) is 10.9 Å². The zero-order valence-corrected chi connectivity index (χ0v) is 8.89. The van der Waals surface area contributed by atoms with Crippen LogP contribution in [0.4, 0.5) is 0 Å². The Labute approximate surface area is 91.7 Å². The molecule has 0 spiro atoms. The normalized spacial score (nSPS) is 10.4. The van der Waals surface area contributed by atoms with Crippen molar-refractivity contribution in [3.05, 3.63) is 29.7 Å². The Hall–Kier alpha value is -2.17. The molecule has 0 amide bonds. The van der Waals surface area contributed by atoms with E-state index in [2.05, 4.69) is 14.7 Å². The number of pyridine rings is 2. The predicted molar refractivity (Wildman–Crippen MR) is 57.3 cm³/mol. The van der Waals surface area contributed by atoms with Gasteiger partial charge >= 0.3 is 5.97 Å². The van der Waals surface area contributed by atoms with Crippen LogP contribution in [0.15, 0.2) is 18.3 Å². The predicted octanol–water partition coefficient (Wildman–Crippen LogP) is 1.43. The SMILES string of the molecule is COC(=O)c1ncc2ccc(C)nc2c1O. The van der Waals surface area contributed by atoms with Gasteiger partial charge in [-0.15, -0.1) is 0 Å². The molecule has 1 N–H and O–H groups in total. The van der Waals surface area contributed by atoms with Crippen LogP contribution in [0.3, 0.4) is 0 Å². The van der Waals surface area contributed by atoms with Crippen LogP contribution in [0, 0.1) is 6.92 Å². The van der Waals surface area contributed by atoms with Gasteiger partial charge in [0.15, 0.2) is 11.4 Å². The van der Waals surface area contributed by atoms with Crippen LogP contribution in [-0.2, 0) is 4.74 Å². The van der Waals surface area contributed by atoms with E-state index in [0.29, 0.717) is 10.9 Å². The Morgan fingerprint density at radius 2 is 2.19 bits per heavy atom. The fourth-order valence-electron chi connectivity index (χ4n) is 1.41. The standard InChI is InChI=1S/C11H10N2O3/c1-6-3-4-7-5-12-9(11(15)16-2)10(14)8(7)13-6/h3-5,14H,1-2H3. The van der Waals surface area contributed by atoms with E-state index in [9.17, 15) is 9.90 Å². The molecule has 0 saturated carbocycles. The van der Waals surface area contributed by atoms with Gasteiger partial charge in [-0.25, -0.2) is 14.8 Å². The summed E-state index contributed by atoms with van der Waals surface area (Å²) in [6.45, 7) is 1.80. The molecule has 2 aromatic heterocycles. The number of hydrogen-bond donors (Lipinski definition) is 1. The molecular formula is C11H10N2O3. The van der Waals surface area contributed by atoms with Gasteiger partial charge in [-0.1, -0.05) is 0 Å². The van der Waals surface area contributed by atoms with Gasteiger partial charge in [0, 0.05) is 17.3 Å². The number of carbonyl (C=O) groups is 1. The van der Waals surface area contributed by atoms with Crippen LogP contribution >= 0.6 is 0 Å². The highest BCUT2D eigenvalue weighted by Crippen LogP contribution is 2.25. The summed E-state index contributed by atoms with van der Waals surface area (Å²) < 4.78 is 4.51. The third-order valence-electron chi connectivity index (χ3n) is 2.23. The monoisotopic (exact) mass is 218 g/mol. The number of carbonyl (C=O) groups excluding carboxylic acids is 1. The minimum atomic E-state index is -0.678. The topological polar surface area (TPSA) is 72.3 Å². The molecule has 0 bridgehead atoms. The van der Waals surface area contributed by atoms with Crippen molar-refractivity contribution in [3.63, 3.8) is 0 Å². The number of methoxy groups -OCH3 is 1. The molecule has 0 aromatic carbocycles. The van der Waals surface area contributed by atoms with Gasteiger partial charge in [0.2, 0.25) is 0 Å². The maximum Gasteiger partial charge on any atom is 0.360 e. The summed E-state index contributed by atoms with van der Waals surface area (Å²) in [5.74, 6) is -0.921. The van der Waals surface area contributed by atoms with Gasteiger partial charge in [0.25, 0.3) is 0 Å². The number of aryl methyl sites for hydroxylation is 1. The Morgan fingerprint density at radius 1 is 1.44 bits per heavy atom. The molecule has 5 heteroatoms. The van der Waals surface area contributed by atoms with Crippen LogP contribution < -0.4 is 0 Å². The highest BCUT2D eigenvalue weighted by molar-refractivity contribution is 5.97. The lowest BCUT2D eigenvalue weighted by molar-refractivity contribution is 0.0591. The van der Waals surface area contributed by atoms with Crippen molar-refractivity contribution < 1.29 is 14.6 Å². The number of nitrogens with zero attached hydrogens (tertiary/aromatic N) is 2. The minimum Gasteiger partial charge on any atom is -0.504 e. The summed E-state index contributed by atoms with van der Waals surface area (Å²) in [7, 11) is 1.23. The third kappa shape index (κ3) is 1.56. The molecule has 0 aliphatic rings. The van der Waals surface area contributed by atoms with Crippen molar-refractivity contribution in [2.45, 2.75) is 6.92 Å². The molecule has 2 heterocycles. The number of ether oxygens (including phenoxy) is 1. The maximum absolute atomic E-state index is 11.3. The second-order valence-corrected chi connectivity index (χ2v) is 3.34. The average molecular weight is 218 g/mol. The second kappa shape index (κ2) is 3.77. The van der Waals surface area contributed by atoms with Crippen molar-refractivity contribution in [1.82, 2.24) is 9.97 Å². The molecule has 0 atom stereocenters. The zero-order valence-electron chi connectivity index (χ0n) is 8.89. The van der Waals surface area contributed by atoms with Crippen molar-refractivity contribution in [2.24, 2.45) is 0 Å². The van der Waals surface area contributed by atoms with Gasteiger partial charge in [-0.2, -0.15) is 0 Å². The maximum atomic E-state index is 11.3. The smallest absolute Gasteiger partial charge is 0.360 e. The van der Waals surface area contributed by atoms with E-state index < -0.39 is 5.97 Å². The number of esters is 1. The summed E-state index contributed by atoms with van der Waals surface area (Å²) in [4.78, 5) is 19.3. The number of aromatic nitrogens is 2. The molecule has 0 unspecified atom stereocenters. The van der Waals surface area contributed by atoms with Crippen LogP contribution in [0.5, 0.6) is 5.75 Å². The molecular weight excluding hydrogens is 208 g/mol. The van der Waals surface area contributed by atoms with Gasteiger partial charge in [0.05, 0.1) is 7.11 Å². The minimum absolute atomic E-state index is 0.117. The third-order valence-corrected chi connectivity index (χ3v) is 2.23. The van der Waals surface area contributed by atoms with Gasteiger partial charge < -0.3 is 9.84 Å². The van der Waals surface area contributed by atoms with Crippen LogP contribution in [0.1, 0.15) is 16.2 Å². The Kier molecular flexibility index (Phi) is 2.44. The summed E-state index contributed by atoms with van der Waals surface area (Å²) in [6.07, 6.45) is 1.48. The van der Waals surface area contributed by atoms with E-state index in [1.807, 2.05) is 0 Å². The lowest BCUT2D eigenvalue weighted by atomic mass is 10.2. The number of aromatic hydroxyl groups is 1. The first-order chi connectivity index (χ1) is 7.63. The number of hydrogen-bond acceptors (Lipinski definition) is 5. The Morgan fingerprint density at radius 3 is 2.88 bits per heavy atom. The molecule has 0 fully saturated rings. The number of rotatable bonds is 1. The summed E-state index contributed by atoms with van der Waals surface area (Å²) in [6, 6.07) is 3.59. The largest absolute Gasteiger partial charge is 0.504 e. The van der Waals surface area contributed by atoms with E-state index in [1.165, 1.54) is 13.3 Å². The van der Waals surface area contributed by atoms with Crippen molar-refractivity contribution in [2.75, 3.05) is 7.11 Å². The molecule has 5 nitrogen and oxygen atoms in total. The van der Waals surface area contributed by atoms with E-state index in [0.717, 1.165) is 5.69 Å². The van der Waals surface area contributed by atoms with Gasteiger partial charge in [-0.3, -0.25) is 0 Å². The first-order valence-electron chi connectivity index (χ1n) is 4.67. The van der Waals surface area contributed by atoms with E-state index >= 15 is 0 Å². The quantitative estimate of drug-likeness (QED) is 0.733. The first-order valence-corrected chi connectivity index (χ1v) is 4.67.